The van der Waals surface area contributed by atoms with Crippen LogP contribution in [-0.4, -0.2) is 77.2 Å². The van der Waals surface area contributed by atoms with E-state index in [1.54, 1.807) is 24.3 Å². The average molecular weight is 549 g/mol. The van der Waals surface area contributed by atoms with Gasteiger partial charge >= 0.3 is 16.4 Å². The molecule has 0 aliphatic carbocycles. The van der Waals surface area contributed by atoms with Crippen molar-refractivity contribution in [2.45, 2.75) is 12.7 Å². The summed E-state index contributed by atoms with van der Waals surface area (Å²) in [5.41, 5.74) is 0.692. The first kappa shape index (κ1) is 25.3. The van der Waals surface area contributed by atoms with Crippen molar-refractivity contribution in [3.05, 3.63) is 60.6 Å². The van der Waals surface area contributed by atoms with Crippen molar-refractivity contribution in [1.82, 2.24) is 47.6 Å². The first-order valence-electron chi connectivity index (χ1n) is 10.8. The fraction of sp³-hybridized carbons (Fsp3) is 0.238. The van der Waals surface area contributed by atoms with Gasteiger partial charge in [0.05, 0.1) is 32.2 Å². The van der Waals surface area contributed by atoms with Gasteiger partial charge in [0.15, 0.2) is 5.82 Å². The van der Waals surface area contributed by atoms with Crippen LogP contribution in [0.4, 0.5) is 13.2 Å². The molecule has 0 saturated heterocycles. The van der Waals surface area contributed by atoms with E-state index in [2.05, 4.69) is 30.1 Å². The van der Waals surface area contributed by atoms with E-state index in [9.17, 15) is 21.6 Å². The number of methoxy groups -OCH3 is 1. The van der Waals surface area contributed by atoms with Crippen molar-refractivity contribution in [2.75, 3.05) is 21.2 Å². The maximum absolute atomic E-state index is 13.7. The molecule has 0 saturated carbocycles. The number of fused-ring (bicyclic) bond motifs is 1. The lowest BCUT2D eigenvalue weighted by Crippen LogP contribution is -2.27. The average Bonchev–Trinajstić information content (AvgIpc) is 3.60. The van der Waals surface area contributed by atoms with Crippen molar-refractivity contribution >= 4 is 16.0 Å². The van der Waals surface area contributed by atoms with E-state index in [1.807, 2.05) is 0 Å². The van der Waals surface area contributed by atoms with E-state index in [0.29, 0.717) is 11.3 Å². The molecule has 0 aliphatic rings. The Balaban J connectivity index is 1.71. The van der Waals surface area contributed by atoms with Crippen LogP contribution in [0.2, 0.25) is 0 Å². The number of benzene rings is 1. The summed E-state index contributed by atoms with van der Waals surface area (Å²) < 4.78 is 75.5. The molecule has 5 aromatic rings. The minimum atomic E-state index is -4.84. The highest BCUT2D eigenvalue weighted by atomic mass is 32.2. The van der Waals surface area contributed by atoms with Crippen molar-refractivity contribution in [3.63, 3.8) is 0 Å². The molecular weight excluding hydrogens is 529 g/mol. The molecule has 17 heteroatoms. The molecule has 5 rings (SSSR count). The normalized spacial score (nSPS) is 12.5. The van der Waals surface area contributed by atoms with Crippen LogP contribution in [0.3, 0.4) is 0 Å². The fourth-order valence-corrected chi connectivity index (χ4v) is 4.35. The van der Waals surface area contributed by atoms with Crippen LogP contribution >= 0.6 is 0 Å². The van der Waals surface area contributed by atoms with Crippen LogP contribution in [0.25, 0.3) is 28.7 Å². The minimum Gasteiger partial charge on any atom is -0.497 e. The number of hydrogen-bond donors (Lipinski definition) is 0. The van der Waals surface area contributed by atoms with Crippen molar-refractivity contribution in [3.8, 4) is 28.7 Å². The Hall–Kier alpha value is -4.38. The number of halogens is 3. The number of aromatic nitrogens is 9. The lowest BCUT2D eigenvalue weighted by molar-refractivity contribution is -0.144. The summed E-state index contributed by atoms with van der Waals surface area (Å²) in [6.45, 7) is -0.0833. The standard InChI is InChI=1S/C21H19F3N10O3S/c1-31(2)38(35,36)32-11-15(26-12-32)17-16(28-20-25-8-9-27-34(17)20)18-29-19(21(22,23)24)30-33(18)10-13-4-6-14(37-3)7-5-13/h4-9,11-12H,10H2,1-3H3. The van der Waals surface area contributed by atoms with Crippen molar-refractivity contribution in [1.29, 1.82) is 0 Å². The third kappa shape index (κ3) is 4.45. The van der Waals surface area contributed by atoms with Gasteiger partial charge in [0.1, 0.15) is 29.2 Å². The molecule has 4 heterocycles. The predicted molar refractivity (Wildman–Crippen MR) is 126 cm³/mol. The predicted octanol–water partition coefficient (Wildman–Crippen LogP) is 1.98. The van der Waals surface area contributed by atoms with E-state index in [1.165, 1.54) is 44.3 Å². The lowest BCUT2D eigenvalue weighted by atomic mass is 10.2. The summed E-state index contributed by atoms with van der Waals surface area (Å²) in [5.74, 6) is -0.993. The summed E-state index contributed by atoms with van der Waals surface area (Å²) in [5, 5.41) is 7.89. The zero-order chi connectivity index (χ0) is 27.2. The van der Waals surface area contributed by atoms with Gasteiger partial charge in [-0.25, -0.2) is 28.6 Å². The molecule has 0 unspecified atom stereocenters. The second-order valence-corrected chi connectivity index (χ2v) is 10.2. The summed E-state index contributed by atoms with van der Waals surface area (Å²) in [4.78, 5) is 16.4. The molecule has 4 aromatic heterocycles. The third-order valence-electron chi connectivity index (χ3n) is 5.44. The molecule has 0 atom stereocenters. The highest BCUT2D eigenvalue weighted by Gasteiger charge is 2.38. The van der Waals surface area contributed by atoms with E-state index >= 15 is 0 Å². The largest absolute Gasteiger partial charge is 0.497 e. The van der Waals surface area contributed by atoms with Gasteiger partial charge in [-0.15, -0.1) is 5.10 Å². The van der Waals surface area contributed by atoms with Gasteiger partial charge in [-0.05, 0) is 17.7 Å². The summed E-state index contributed by atoms with van der Waals surface area (Å²) in [6, 6.07) is 6.69. The molecule has 0 fully saturated rings. The Bertz CT molecular complexity index is 1720. The van der Waals surface area contributed by atoms with Crippen molar-refractivity contribution in [2.24, 2.45) is 0 Å². The fourth-order valence-electron chi connectivity index (χ4n) is 3.57. The molecule has 0 N–H and O–H groups in total. The van der Waals surface area contributed by atoms with Crippen molar-refractivity contribution < 1.29 is 26.3 Å². The maximum atomic E-state index is 13.7. The molecule has 0 bridgehead atoms. The maximum Gasteiger partial charge on any atom is 0.453 e. The number of rotatable bonds is 7. The Morgan fingerprint density at radius 2 is 1.79 bits per heavy atom. The SMILES string of the molecule is COc1ccc(Cn2nc(C(F)(F)F)nc2-c2nc3nccnn3c2-c2cn(S(=O)(=O)N(C)C)cn2)cc1. The quantitative estimate of drug-likeness (QED) is 0.299. The molecule has 0 spiro atoms. The monoisotopic (exact) mass is 548 g/mol. The Kier molecular flexibility index (Phi) is 6.10. The summed E-state index contributed by atoms with van der Waals surface area (Å²) in [7, 11) is 0.275. The van der Waals surface area contributed by atoms with E-state index in [0.717, 1.165) is 19.3 Å². The van der Waals surface area contributed by atoms with E-state index < -0.39 is 22.2 Å². The van der Waals surface area contributed by atoms with Crippen LogP contribution in [0.15, 0.2) is 49.2 Å². The molecule has 38 heavy (non-hydrogen) atoms. The zero-order valence-corrected chi connectivity index (χ0v) is 20.9. The molecule has 198 valence electrons. The van der Waals surface area contributed by atoms with Crippen LogP contribution in [0, 0.1) is 0 Å². The van der Waals surface area contributed by atoms with Crippen LogP contribution in [0.5, 0.6) is 5.75 Å². The molecule has 0 aliphatic heterocycles. The molecular formula is C21H19F3N10O3S. The van der Waals surface area contributed by atoms with E-state index in [-0.39, 0.29) is 35.2 Å². The Labute approximate surface area is 213 Å². The van der Waals surface area contributed by atoms with Gasteiger partial charge in [0.2, 0.25) is 0 Å². The number of ether oxygens (including phenoxy) is 1. The number of alkyl halides is 3. The van der Waals surface area contributed by atoms with Gasteiger partial charge < -0.3 is 4.74 Å². The Morgan fingerprint density at radius 1 is 1.05 bits per heavy atom. The van der Waals surface area contributed by atoms with Crippen LogP contribution in [0.1, 0.15) is 11.4 Å². The first-order valence-corrected chi connectivity index (χ1v) is 12.2. The molecule has 0 radical (unpaired) electrons. The smallest absolute Gasteiger partial charge is 0.453 e. The number of imidazole rings is 2. The van der Waals surface area contributed by atoms with Gasteiger partial charge in [-0.2, -0.15) is 35.5 Å². The van der Waals surface area contributed by atoms with E-state index in [4.69, 9.17) is 4.74 Å². The summed E-state index contributed by atoms with van der Waals surface area (Å²) in [6.07, 6.45) is 0.128. The Morgan fingerprint density at radius 3 is 2.45 bits per heavy atom. The second-order valence-electron chi connectivity index (χ2n) is 8.11. The highest BCUT2D eigenvalue weighted by molar-refractivity contribution is 7.87. The number of hydrogen-bond acceptors (Lipinski definition) is 9. The number of nitrogens with zero attached hydrogens (tertiary/aromatic N) is 10. The topological polar surface area (TPSA) is 138 Å². The highest BCUT2D eigenvalue weighted by Crippen LogP contribution is 2.34. The first-order chi connectivity index (χ1) is 18.0. The van der Waals surface area contributed by atoms with Gasteiger partial charge in [0, 0.05) is 14.1 Å². The molecule has 1 aromatic carbocycles. The van der Waals surface area contributed by atoms with Crippen LogP contribution < -0.4 is 4.74 Å². The summed E-state index contributed by atoms with van der Waals surface area (Å²) >= 11 is 0. The van der Waals surface area contributed by atoms with Gasteiger partial charge in [0.25, 0.3) is 11.6 Å². The van der Waals surface area contributed by atoms with Gasteiger partial charge in [-0.1, -0.05) is 12.1 Å². The van der Waals surface area contributed by atoms with Gasteiger partial charge in [-0.3, -0.25) is 0 Å². The third-order valence-corrected chi connectivity index (χ3v) is 7.09. The zero-order valence-electron chi connectivity index (χ0n) is 20.1. The van der Waals surface area contributed by atoms with Crippen LogP contribution in [-0.2, 0) is 22.9 Å². The minimum absolute atomic E-state index is 0.0371. The lowest BCUT2D eigenvalue weighted by Gasteiger charge is -2.10. The molecule has 13 nitrogen and oxygen atoms in total. The molecule has 0 amide bonds. The second kappa shape index (κ2) is 9.18.